The second kappa shape index (κ2) is 17.4. The first-order chi connectivity index (χ1) is 17.1. The van der Waals surface area contributed by atoms with Gasteiger partial charge >= 0.3 is 23.9 Å². The third kappa shape index (κ3) is 16.3. The van der Waals surface area contributed by atoms with E-state index in [0.29, 0.717) is 19.3 Å². The third-order valence-corrected chi connectivity index (χ3v) is 5.28. The van der Waals surface area contributed by atoms with E-state index in [9.17, 15) is 19.2 Å². The lowest BCUT2D eigenvalue weighted by atomic mass is 9.77. The topological polar surface area (TPSA) is 114 Å². The highest BCUT2D eigenvalue weighted by molar-refractivity contribution is 5.77. The summed E-state index contributed by atoms with van der Waals surface area (Å²) in [6, 6.07) is 0. The number of esters is 4. The molecule has 9 heteroatoms. The minimum atomic E-state index is -1.53. The highest BCUT2D eigenvalue weighted by Crippen LogP contribution is 2.37. The molecule has 2 unspecified atom stereocenters. The van der Waals surface area contributed by atoms with Gasteiger partial charge in [0.1, 0.15) is 12.2 Å². The molecule has 0 rings (SSSR count). The molecular formula is C28H50O9. The molecule has 37 heavy (non-hydrogen) atoms. The van der Waals surface area contributed by atoms with Crippen molar-refractivity contribution in [1.82, 2.24) is 0 Å². The first-order valence-electron chi connectivity index (χ1n) is 13.5. The summed E-state index contributed by atoms with van der Waals surface area (Å²) in [4.78, 5) is 51.2. The second-order valence-corrected chi connectivity index (χ2v) is 11.2. The third-order valence-electron chi connectivity index (χ3n) is 5.28. The molecule has 2 atom stereocenters. The van der Waals surface area contributed by atoms with Gasteiger partial charge in [0.15, 0.2) is 0 Å². The summed E-state index contributed by atoms with van der Waals surface area (Å²) in [6.45, 7) is 16.3. The lowest BCUT2D eigenvalue weighted by Crippen LogP contribution is -2.48. The van der Waals surface area contributed by atoms with Crippen LogP contribution in [0.25, 0.3) is 0 Å². The van der Waals surface area contributed by atoms with E-state index >= 15 is 0 Å². The maximum Gasteiger partial charge on any atom is 0.332 e. The summed E-state index contributed by atoms with van der Waals surface area (Å²) < 4.78 is 27.7. The van der Waals surface area contributed by atoms with Crippen molar-refractivity contribution < 1.29 is 42.9 Å². The van der Waals surface area contributed by atoms with E-state index in [0.717, 1.165) is 6.42 Å². The SMILES string of the molecule is CCCCOC(=O)CC(CC(=O)OCC(C)C)(OCC(=O)OC(C)(C)C)C(CCC)CC(=O)OC(C)C. The molecule has 0 aliphatic heterocycles. The molecule has 0 aromatic rings. The number of ether oxygens (including phenoxy) is 5. The van der Waals surface area contributed by atoms with Crippen molar-refractivity contribution in [1.29, 1.82) is 0 Å². The summed E-state index contributed by atoms with van der Waals surface area (Å²) in [5.41, 5.74) is -2.28. The molecule has 0 aliphatic rings. The largest absolute Gasteiger partial charge is 0.466 e. The molecule has 0 heterocycles. The molecule has 216 valence electrons. The molecular weight excluding hydrogens is 480 g/mol. The molecule has 0 radical (unpaired) electrons. The zero-order valence-electron chi connectivity index (χ0n) is 24.5. The van der Waals surface area contributed by atoms with Crippen molar-refractivity contribution in [2.75, 3.05) is 19.8 Å². The summed E-state index contributed by atoms with van der Waals surface area (Å²) in [5, 5.41) is 0. The minimum absolute atomic E-state index is 0.0972. The van der Waals surface area contributed by atoms with Crippen molar-refractivity contribution in [3.05, 3.63) is 0 Å². The Morgan fingerprint density at radius 1 is 0.784 bits per heavy atom. The van der Waals surface area contributed by atoms with Crippen LogP contribution >= 0.6 is 0 Å². The van der Waals surface area contributed by atoms with Crippen LogP contribution in [0.2, 0.25) is 0 Å². The lowest BCUT2D eigenvalue weighted by Gasteiger charge is -2.39. The average Bonchev–Trinajstić information content (AvgIpc) is 2.74. The normalized spacial score (nSPS) is 14.1. The van der Waals surface area contributed by atoms with Gasteiger partial charge in [-0.2, -0.15) is 0 Å². The molecule has 0 aromatic heterocycles. The molecule has 0 saturated carbocycles. The van der Waals surface area contributed by atoms with Crippen LogP contribution in [0, 0.1) is 11.8 Å². The monoisotopic (exact) mass is 530 g/mol. The highest BCUT2D eigenvalue weighted by Gasteiger charge is 2.46. The number of unbranched alkanes of at least 4 members (excludes halogenated alkanes) is 1. The van der Waals surface area contributed by atoms with Gasteiger partial charge in [-0.3, -0.25) is 14.4 Å². The van der Waals surface area contributed by atoms with Gasteiger partial charge in [-0.25, -0.2) is 4.79 Å². The Hall–Kier alpha value is -2.16. The van der Waals surface area contributed by atoms with E-state index in [1.807, 2.05) is 27.7 Å². The molecule has 0 N–H and O–H groups in total. The second-order valence-electron chi connectivity index (χ2n) is 11.2. The number of hydrogen-bond acceptors (Lipinski definition) is 9. The maximum atomic E-state index is 13.0. The van der Waals surface area contributed by atoms with E-state index in [4.69, 9.17) is 23.7 Å². The molecule has 0 bridgehead atoms. The zero-order valence-corrected chi connectivity index (χ0v) is 24.5. The van der Waals surface area contributed by atoms with Gasteiger partial charge in [0, 0.05) is 0 Å². The van der Waals surface area contributed by atoms with E-state index in [1.165, 1.54) is 0 Å². The zero-order chi connectivity index (χ0) is 28.6. The van der Waals surface area contributed by atoms with Crippen molar-refractivity contribution >= 4 is 23.9 Å². The van der Waals surface area contributed by atoms with Gasteiger partial charge in [0.2, 0.25) is 0 Å². The van der Waals surface area contributed by atoms with Crippen molar-refractivity contribution in [3.8, 4) is 0 Å². The molecule has 0 aromatic carbocycles. The van der Waals surface area contributed by atoms with Gasteiger partial charge in [-0.1, -0.05) is 40.5 Å². The number of carbonyl (C=O) groups is 4. The Bertz CT molecular complexity index is 709. The summed E-state index contributed by atoms with van der Waals surface area (Å²) >= 11 is 0. The van der Waals surface area contributed by atoms with Crippen LogP contribution < -0.4 is 0 Å². The van der Waals surface area contributed by atoms with Crippen molar-refractivity contribution in [3.63, 3.8) is 0 Å². The fourth-order valence-electron chi connectivity index (χ4n) is 3.74. The average molecular weight is 531 g/mol. The van der Waals surface area contributed by atoms with Crippen LogP contribution in [-0.2, 0) is 42.9 Å². The Kier molecular flexibility index (Phi) is 16.4. The van der Waals surface area contributed by atoms with Gasteiger partial charge in [0.05, 0.1) is 44.2 Å². The fourth-order valence-corrected chi connectivity index (χ4v) is 3.74. The van der Waals surface area contributed by atoms with Crippen LogP contribution in [-0.4, -0.2) is 61.0 Å². The predicted octanol–water partition coefficient (Wildman–Crippen LogP) is 5.16. The van der Waals surface area contributed by atoms with E-state index in [1.54, 1.807) is 34.6 Å². The van der Waals surface area contributed by atoms with Gasteiger partial charge < -0.3 is 23.7 Å². The summed E-state index contributed by atoms with van der Waals surface area (Å²) in [5.74, 6) is -2.80. The molecule has 0 spiro atoms. The quantitative estimate of drug-likeness (QED) is 0.135. The van der Waals surface area contributed by atoms with Crippen LogP contribution in [0.3, 0.4) is 0 Å². The predicted molar refractivity (Wildman–Crippen MR) is 140 cm³/mol. The fraction of sp³-hybridized carbons (Fsp3) is 0.857. The summed E-state index contributed by atoms with van der Waals surface area (Å²) in [7, 11) is 0. The minimum Gasteiger partial charge on any atom is -0.466 e. The molecule has 9 nitrogen and oxygen atoms in total. The van der Waals surface area contributed by atoms with Gasteiger partial charge in [-0.15, -0.1) is 0 Å². The molecule has 0 aliphatic carbocycles. The Morgan fingerprint density at radius 3 is 1.86 bits per heavy atom. The van der Waals surface area contributed by atoms with Crippen LogP contribution in [0.15, 0.2) is 0 Å². The Labute approximate surface area is 223 Å². The standard InChI is InChI=1S/C28H50O9/c1-10-12-14-33-24(30)16-28(17-25(31)34-18-20(3)4,35-19-26(32)37-27(7,8)9)22(13-11-2)15-23(29)36-21(5)6/h20-22H,10-19H2,1-9H3. The van der Waals surface area contributed by atoms with E-state index in [-0.39, 0.29) is 44.5 Å². The maximum absolute atomic E-state index is 13.0. The van der Waals surface area contributed by atoms with Crippen LogP contribution in [0.4, 0.5) is 0 Å². The van der Waals surface area contributed by atoms with E-state index in [2.05, 4.69) is 0 Å². The van der Waals surface area contributed by atoms with Crippen LogP contribution in [0.1, 0.15) is 107 Å². The van der Waals surface area contributed by atoms with Gasteiger partial charge in [0.25, 0.3) is 0 Å². The molecule has 0 saturated heterocycles. The Morgan fingerprint density at radius 2 is 1.38 bits per heavy atom. The molecule has 0 amide bonds. The van der Waals surface area contributed by atoms with Crippen molar-refractivity contribution in [2.24, 2.45) is 11.8 Å². The first-order valence-corrected chi connectivity index (χ1v) is 13.5. The number of carbonyl (C=O) groups excluding carboxylic acids is 4. The van der Waals surface area contributed by atoms with Crippen molar-refractivity contribution in [2.45, 2.75) is 125 Å². The Balaban J connectivity index is 6.30. The smallest absolute Gasteiger partial charge is 0.332 e. The number of rotatable bonds is 18. The highest BCUT2D eigenvalue weighted by atomic mass is 16.6. The summed E-state index contributed by atoms with van der Waals surface area (Å²) in [6.07, 6.45) is 1.54. The van der Waals surface area contributed by atoms with Crippen LogP contribution in [0.5, 0.6) is 0 Å². The molecule has 0 fully saturated rings. The number of hydrogen-bond donors (Lipinski definition) is 0. The van der Waals surface area contributed by atoms with E-state index < -0.39 is 47.6 Å². The lowest BCUT2D eigenvalue weighted by molar-refractivity contribution is -0.186. The first kappa shape index (κ1) is 34.8. The van der Waals surface area contributed by atoms with Gasteiger partial charge in [-0.05, 0) is 59.3 Å².